The van der Waals surface area contributed by atoms with E-state index in [9.17, 15) is 4.79 Å². The van der Waals surface area contributed by atoms with Crippen LogP contribution in [-0.2, 0) is 17.8 Å². The van der Waals surface area contributed by atoms with E-state index in [2.05, 4.69) is 5.32 Å². The van der Waals surface area contributed by atoms with Crippen molar-refractivity contribution in [2.45, 2.75) is 19.4 Å². The highest BCUT2D eigenvalue weighted by atomic mass is 35.5. The molecule has 5 heteroatoms. The minimum Gasteiger partial charge on any atom is -0.489 e. The number of hydrogen-bond acceptors (Lipinski definition) is 3. The number of ether oxygens (including phenoxy) is 1. The van der Waals surface area contributed by atoms with Crippen molar-refractivity contribution in [3.8, 4) is 5.75 Å². The number of nitrogens with one attached hydrogen (secondary N) is 1. The maximum atomic E-state index is 12.5. The first-order chi connectivity index (χ1) is 12.7. The number of nitrogens with zero attached hydrogens (tertiary/aromatic N) is 1. The van der Waals surface area contributed by atoms with Crippen LogP contribution in [0.2, 0.25) is 5.02 Å². The van der Waals surface area contributed by atoms with Gasteiger partial charge in [0.2, 0.25) is 5.91 Å². The second-order valence-corrected chi connectivity index (χ2v) is 7.16. The second kappa shape index (κ2) is 9.06. The van der Waals surface area contributed by atoms with Gasteiger partial charge in [0.1, 0.15) is 12.4 Å². The summed E-state index contributed by atoms with van der Waals surface area (Å²) >= 11 is 6.16. The third kappa shape index (κ3) is 4.99. The van der Waals surface area contributed by atoms with E-state index in [1.54, 1.807) is 0 Å². The van der Waals surface area contributed by atoms with E-state index in [-0.39, 0.29) is 5.91 Å². The first-order valence-electron chi connectivity index (χ1n) is 9.03. The van der Waals surface area contributed by atoms with Gasteiger partial charge in [0.15, 0.2) is 0 Å². The van der Waals surface area contributed by atoms with Crippen LogP contribution in [0.15, 0.2) is 48.5 Å². The second-order valence-electron chi connectivity index (χ2n) is 6.76. The van der Waals surface area contributed by atoms with Crippen LogP contribution in [0.1, 0.15) is 17.5 Å². The van der Waals surface area contributed by atoms with Gasteiger partial charge in [-0.2, -0.15) is 0 Å². The number of likely N-dealkylation sites (tertiary alicyclic amines) is 1. The van der Waals surface area contributed by atoms with Crippen LogP contribution >= 0.6 is 11.6 Å². The zero-order valence-electron chi connectivity index (χ0n) is 15.1. The van der Waals surface area contributed by atoms with E-state index in [0.717, 1.165) is 42.9 Å². The Kier molecular flexibility index (Phi) is 6.53. The summed E-state index contributed by atoms with van der Waals surface area (Å²) in [6.45, 7) is 3.08. The lowest BCUT2D eigenvalue weighted by atomic mass is 10.1. The van der Waals surface area contributed by atoms with Crippen LogP contribution in [0.4, 0.5) is 0 Å². The summed E-state index contributed by atoms with van der Waals surface area (Å²) in [5.41, 5.74) is 1.92. The normalized spacial score (nSPS) is 16.7. The van der Waals surface area contributed by atoms with E-state index in [0.29, 0.717) is 24.0 Å². The lowest BCUT2D eigenvalue weighted by Crippen LogP contribution is -2.31. The average molecular weight is 373 g/mol. The van der Waals surface area contributed by atoms with Gasteiger partial charge in [0.25, 0.3) is 0 Å². The summed E-state index contributed by atoms with van der Waals surface area (Å²) in [5, 5.41) is 3.89. The smallest absolute Gasteiger partial charge is 0.227 e. The molecule has 0 spiro atoms. The Bertz CT molecular complexity index is 750. The van der Waals surface area contributed by atoms with E-state index in [4.69, 9.17) is 16.3 Å². The number of rotatable bonds is 7. The van der Waals surface area contributed by atoms with Gasteiger partial charge < -0.3 is 15.0 Å². The number of amides is 1. The van der Waals surface area contributed by atoms with Crippen molar-refractivity contribution < 1.29 is 9.53 Å². The molecule has 0 radical (unpaired) electrons. The molecule has 1 amide bonds. The molecule has 1 fully saturated rings. The van der Waals surface area contributed by atoms with Gasteiger partial charge in [-0.3, -0.25) is 4.79 Å². The molecule has 0 aromatic heterocycles. The molecule has 1 N–H and O–H groups in total. The van der Waals surface area contributed by atoms with Crippen molar-refractivity contribution >= 4 is 17.5 Å². The molecule has 0 saturated carbocycles. The molecule has 3 rings (SSSR count). The monoisotopic (exact) mass is 372 g/mol. The van der Waals surface area contributed by atoms with Crippen molar-refractivity contribution in [1.29, 1.82) is 0 Å². The molecular formula is C21H25ClN2O2. The Hall–Kier alpha value is -2.04. The first kappa shape index (κ1) is 18.7. The number of hydrogen-bond donors (Lipinski definition) is 1. The summed E-state index contributed by atoms with van der Waals surface area (Å²) in [4.78, 5) is 14.5. The predicted molar refractivity (Wildman–Crippen MR) is 105 cm³/mol. The molecule has 1 saturated heterocycles. The highest BCUT2D eigenvalue weighted by Crippen LogP contribution is 2.21. The third-order valence-corrected chi connectivity index (χ3v) is 5.11. The molecule has 0 aliphatic carbocycles. The van der Waals surface area contributed by atoms with Gasteiger partial charge in [0, 0.05) is 23.7 Å². The predicted octanol–water partition coefficient (Wildman–Crippen LogP) is 3.53. The Morgan fingerprint density at radius 1 is 1.27 bits per heavy atom. The lowest BCUT2D eigenvalue weighted by molar-refractivity contribution is -0.129. The van der Waals surface area contributed by atoms with Crippen molar-refractivity contribution in [2.75, 3.05) is 26.7 Å². The largest absolute Gasteiger partial charge is 0.489 e. The molecule has 1 heterocycles. The van der Waals surface area contributed by atoms with Gasteiger partial charge in [-0.25, -0.2) is 0 Å². The van der Waals surface area contributed by atoms with E-state index >= 15 is 0 Å². The van der Waals surface area contributed by atoms with Crippen molar-refractivity contribution in [3.63, 3.8) is 0 Å². The van der Waals surface area contributed by atoms with E-state index in [1.807, 2.05) is 60.5 Å². The Labute approximate surface area is 160 Å². The molecule has 1 unspecified atom stereocenters. The fourth-order valence-electron chi connectivity index (χ4n) is 3.32. The summed E-state index contributed by atoms with van der Waals surface area (Å²) in [6, 6.07) is 15.4. The molecule has 2 aromatic carbocycles. The van der Waals surface area contributed by atoms with Gasteiger partial charge >= 0.3 is 0 Å². The molecule has 1 aliphatic heterocycles. The molecule has 26 heavy (non-hydrogen) atoms. The Balaban J connectivity index is 1.56. The highest BCUT2D eigenvalue weighted by molar-refractivity contribution is 6.31. The minimum absolute atomic E-state index is 0.187. The zero-order chi connectivity index (χ0) is 18.4. The molecular weight excluding hydrogens is 348 g/mol. The topological polar surface area (TPSA) is 41.6 Å². The summed E-state index contributed by atoms with van der Waals surface area (Å²) < 4.78 is 5.85. The van der Waals surface area contributed by atoms with Gasteiger partial charge in [-0.05, 0) is 49.7 Å². The van der Waals surface area contributed by atoms with Crippen LogP contribution < -0.4 is 10.1 Å². The Morgan fingerprint density at radius 3 is 2.92 bits per heavy atom. The fraction of sp³-hybridized carbons (Fsp3) is 0.381. The van der Waals surface area contributed by atoms with Gasteiger partial charge in [-0.15, -0.1) is 0 Å². The van der Waals surface area contributed by atoms with Crippen molar-refractivity contribution in [1.82, 2.24) is 10.2 Å². The number of halogens is 1. The molecule has 1 atom stereocenters. The lowest BCUT2D eigenvalue weighted by Gasteiger charge is -2.17. The number of benzene rings is 2. The summed E-state index contributed by atoms with van der Waals surface area (Å²) in [7, 11) is 1.96. The first-order valence-corrected chi connectivity index (χ1v) is 9.41. The molecule has 0 bridgehead atoms. The molecule has 1 aliphatic rings. The zero-order valence-corrected chi connectivity index (χ0v) is 15.8. The maximum absolute atomic E-state index is 12.5. The molecule has 2 aromatic rings. The number of carbonyl (C=O) groups is 1. The minimum atomic E-state index is 0.187. The third-order valence-electron chi connectivity index (χ3n) is 4.74. The van der Waals surface area contributed by atoms with Crippen LogP contribution in [0.25, 0.3) is 0 Å². The van der Waals surface area contributed by atoms with Gasteiger partial charge in [0.05, 0.1) is 6.42 Å². The van der Waals surface area contributed by atoms with E-state index < -0.39 is 0 Å². The van der Waals surface area contributed by atoms with E-state index in [1.165, 1.54) is 0 Å². The Morgan fingerprint density at radius 2 is 2.12 bits per heavy atom. The average Bonchev–Trinajstić information content (AvgIpc) is 3.11. The highest BCUT2D eigenvalue weighted by Gasteiger charge is 2.25. The standard InChI is InChI=1S/C21H25ClN2O2/c1-23-13-17-9-10-24(14-17)21(25)12-16-5-4-7-19(11-16)26-15-18-6-2-3-8-20(18)22/h2-8,11,17,23H,9-10,12-15H2,1H3. The van der Waals surface area contributed by atoms with Crippen LogP contribution in [0, 0.1) is 5.92 Å². The van der Waals surface area contributed by atoms with Crippen molar-refractivity contribution in [3.05, 3.63) is 64.7 Å². The van der Waals surface area contributed by atoms with Crippen molar-refractivity contribution in [2.24, 2.45) is 5.92 Å². The maximum Gasteiger partial charge on any atom is 0.227 e. The summed E-state index contributed by atoms with van der Waals surface area (Å²) in [6.07, 6.45) is 1.49. The molecule has 138 valence electrons. The summed E-state index contributed by atoms with van der Waals surface area (Å²) in [5.74, 6) is 1.51. The van der Waals surface area contributed by atoms with Gasteiger partial charge in [-0.1, -0.05) is 41.9 Å². The number of carbonyl (C=O) groups excluding carboxylic acids is 1. The van der Waals surface area contributed by atoms with Crippen LogP contribution in [0.5, 0.6) is 5.75 Å². The quantitative estimate of drug-likeness (QED) is 0.808. The van der Waals surface area contributed by atoms with Crippen LogP contribution in [-0.4, -0.2) is 37.5 Å². The SMILES string of the molecule is CNCC1CCN(C(=O)Cc2cccc(OCc3ccccc3Cl)c2)C1. The van der Waals surface area contributed by atoms with Crippen LogP contribution in [0.3, 0.4) is 0 Å². The molecule has 4 nitrogen and oxygen atoms in total. The fourth-order valence-corrected chi connectivity index (χ4v) is 3.51.